The molecule has 4 rings (SSSR count). The number of para-hydroxylation sites is 1. The van der Waals surface area contributed by atoms with Crippen molar-refractivity contribution < 1.29 is 10.0 Å². The molecule has 0 saturated heterocycles. The SMILES string of the molecule is OB(O)c1ccc(Nc2ccccc2-c2cccc3ccccc23)cc1. The van der Waals surface area contributed by atoms with Crippen molar-refractivity contribution in [2.75, 3.05) is 5.32 Å². The van der Waals surface area contributed by atoms with Crippen LogP contribution in [0.2, 0.25) is 0 Å². The summed E-state index contributed by atoms with van der Waals surface area (Å²) in [6.07, 6.45) is 0. The van der Waals surface area contributed by atoms with Crippen molar-refractivity contribution in [1.29, 1.82) is 0 Å². The van der Waals surface area contributed by atoms with Gasteiger partial charge in [0.05, 0.1) is 0 Å². The van der Waals surface area contributed by atoms with Crippen LogP contribution in [0.4, 0.5) is 11.4 Å². The molecule has 26 heavy (non-hydrogen) atoms. The summed E-state index contributed by atoms with van der Waals surface area (Å²) < 4.78 is 0. The van der Waals surface area contributed by atoms with E-state index in [2.05, 4.69) is 47.8 Å². The Labute approximate surface area is 152 Å². The maximum Gasteiger partial charge on any atom is 0.488 e. The highest BCUT2D eigenvalue weighted by Gasteiger charge is 2.11. The molecule has 0 unspecified atom stereocenters. The van der Waals surface area contributed by atoms with Gasteiger partial charge < -0.3 is 15.4 Å². The van der Waals surface area contributed by atoms with Crippen LogP contribution in [0, 0.1) is 0 Å². The van der Waals surface area contributed by atoms with Crippen LogP contribution >= 0.6 is 0 Å². The lowest BCUT2D eigenvalue weighted by Crippen LogP contribution is -2.29. The second-order valence-corrected chi connectivity index (χ2v) is 6.19. The van der Waals surface area contributed by atoms with Crippen molar-refractivity contribution in [2.45, 2.75) is 0 Å². The maximum absolute atomic E-state index is 9.23. The van der Waals surface area contributed by atoms with Gasteiger partial charge in [0.25, 0.3) is 0 Å². The Hall–Kier alpha value is -3.08. The van der Waals surface area contributed by atoms with E-state index in [1.807, 2.05) is 36.4 Å². The number of hydrogen-bond acceptors (Lipinski definition) is 3. The fourth-order valence-electron chi connectivity index (χ4n) is 3.18. The predicted molar refractivity (Wildman–Crippen MR) is 109 cm³/mol. The fraction of sp³-hybridized carbons (Fsp3) is 0. The van der Waals surface area contributed by atoms with Gasteiger partial charge in [-0.3, -0.25) is 0 Å². The Kier molecular flexibility index (Phi) is 4.44. The molecule has 126 valence electrons. The van der Waals surface area contributed by atoms with Gasteiger partial charge in [0.2, 0.25) is 0 Å². The fourth-order valence-corrected chi connectivity index (χ4v) is 3.18. The summed E-state index contributed by atoms with van der Waals surface area (Å²) in [7, 11) is -1.45. The molecule has 0 aliphatic rings. The van der Waals surface area contributed by atoms with Crippen molar-refractivity contribution in [3.8, 4) is 11.1 Å². The molecule has 4 heteroatoms. The van der Waals surface area contributed by atoms with Crippen molar-refractivity contribution in [3.05, 3.63) is 91.0 Å². The predicted octanol–water partition coefficient (Wildman–Crippen LogP) is 3.93. The molecule has 0 aliphatic heterocycles. The highest BCUT2D eigenvalue weighted by atomic mass is 16.4. The summed E-state index contributed by atoms with van der Waals surface area (Å²) in [4.78, 5) is 0. The minimum absolute atomic E-state index is 0.470. The Morgan fingerprint density at radius 3 is 2.08 bits per heavy atom. The summed E-state index contributed by atoms with van der Waals surface area (Å²) in [6.45, 7) is 0. The average molecular weight is 339 g/mol. The van der Waals surface area contributed by atoms with E-state index in [0.717, 1.165) is 16.9 Å². The van der Waals surface area contributed by atoms with Crippen molar-refractivity contribution in [1.82, 2.24) is 0 Å². The van der Waals surface area contributed by atoms with Gasteiger partial charge in [0.1, 0.15) is 0 Å². The zero-order valence-corrected chi connectivity index (χ0v) is 14.1. The molecule has 0 heterocycles. The Bertz CT molecular complexity index is 1040. The summed E-state index contributed by atoms with van der Waals surface area (Å²) in [5.41, 5.74) is 4.66. The van der Waals surface area contributed by atoms with E-state index in [1.54, 1.807) is 12.1 Å². The standard InChI is InChI=1S/C22H18BNO2/c25-23(26)17-12-14-18(15-13-17)24-22-11-4-3-9-21(22)20-10-5-7-16-6-1-2-8-19(16)20/h1-15,24-26H. The highest BCUT2D eigenvalue weighted by molar-refractivity contribution is 6.58. The quantitative estimate of drug-likeness (QED) is 0.494. The molecular formula is C22H18BNO2. The summed E-state index contributed by atoms with van der Waals surface area (Å²) in [5, 5.41) is 24.3. The van der Waals surface area contributed by atoms with Crippen LogP contribution in [0.5, 0.6) is 0 Å². The van der Waals surface area contributed by atoms with Crippen molar-refractivity contribution in [3.63, 3.8) is 0 Å². The molecule has 0 saturated carbocycles. The van der Waals surface area contributed by atoms with E-state index in [-0.39, 0.29) is 0 Å². The number of benzene rings is 4. The van der Waals surface area contributed by atoms with Crippen LogP contribution < -0.4 is 10.8 Å². The number of rotatable bonds is 4. The largest absolute Gasteiger partial charge is 0.488 e. The first-order valence-electron chi connectivity index (χ1n) is 8.53. The van der Waals surface area contributed by atoms with Crippen molar-refractivity contribution >= 4 is 34.7 Å². The molecule has 0 spiro atoms. The Morgan fingerprint density at radius 2 is 1.27 bits per heavy atom. The second-order valence-electron chi connectivity index (χ2n) is 6.19. The van der Waals surface area contributed by atoms with Crippen LogP contribution in [0.15, 0.2) is 91.0 Å². The molecule has 3 N–H and O–H groups in total. The smallest absolute Gasteiger partial charge is 0.423 e. The molecule has 0 amide bonds. The first-order valence-corrected chi connectivity index (χ1v) is 8.53. The third-order valence-electron chi connectivity index (χ3n) is 4.49. The minimum Gasteiger partial charge on any atom is -0.423 e. The molecule has 4 aromatic carbocycles. The maximum atomic E-state index is 9.23. The normalized spacial score (nSPS) is 10.7. The number of hydrogen-bond donors (Lipinski definition) is 3. The van der Waals surface area contributed by atoms with Gasteiger partial charge in [-0.1, -0.05) is 72.8 Å². The van der Waals surface area contributed by atoms with Gasteiger partial charge >= 0.3 is 7.12 Å². The van der Waals surface area contributed by atoms with Crippen LogP contribution in [0.3, 0.4) is 0 Å². The van der Waals surface area contributed by atoms with Gasteiger partial charge in [-0.15, -0.1) is 0 Å². The van der Waals surface area contributed by atoms with E-state index < -0.39 is 7.12 Å². The van der Waals surface area contributed by atoms with E-state index >= 15 is 0 Å². The number of fused-ring (bicyclic) bond motifs is 1. The zero-order valence-electron chi connectivity index (χ0n) is 14.1. The van der Waals surface area contributed by atoms with Crippen LogP contribution in [0.1, 0.15) is 0 Å². The van der Waals surface area contributed by atoms with E-state index in [1.165, 1.54) is 16.3 Å². The molecule has 0 atom stereocenters. The molecular weight excluding hydrogens is 321 g/mol. The molecule has 3 nitrogen and oxygen atoms in total. The second kappa shape index (κ2) is 7.04. The molecule has 4 aromatic rings. The van der Waals surface area contributed by atoms with E-state index in [0.29, 0.717) is 5.46 Å². The Balaban J connectivity index is 1.75. The minimum atomic E-state index is -1.45. The van der Waals surface area contributed by atoms with Crippen LogP contribution in [-0.4, -0.2) is 17.2 Å². The lowest BCUT2D eigenvalue weighted by atomic mass is 9.80. The number of anilines is 2. The van der Waals surface area contributed by atoms with E-state index in [9.17, 15) is 10.0 Å². The van der Waals surface area contributed by atoms with Gasteiger partial charge in [-0.25, -0.2) is 0 Å². The molecule has 0 fully saturated rings. The van der Waals surface area contributed by atoms with Crippen molar-refractivity contribution in [2.24, 2.45) is 0 Å². The monoisotopic (exact) mass is 339 g/mol. The van der Waals surface area contributed by atoms with E-state index in [4.69, 9.17) is 0 Å². The molecule has 0 radical (unpaired) electrons. The van der Waals surface area contributed by atoms with Gasteiger partial charge in [-0.2, -0.15) is 0 Å². The Morgan fingerprint density at radius 1 is 0.615 bits per heavy atom. The first-order chi connectivity index (χ1) is 12.7. The molecule has 0 aromatic heterocycles. The summed E-state index contributed by atoms with van der Waals surface area (Å²) in [5.74, 6) is 0. The lowest BCUT2D eigenvalue weighted by Gasteiger charge is -2.14. The van der Waals surface area contributed by atoms with Gasteiger partial charge in [-0.05, 0) is 40.0 Å². The molecule has 0 aliphatic carbocycles. The third kappa shape index (κ3) is 3.20. The lowest BCUT2D eigenvalue weighted by molar-refractivity contribution is 0.426. The zero-order chi connectivity index (χ0) is 17.9. The summed E-state index contributed by atoms with van der Waals surface area (Å²) >= 11 is 0. The molecule has 0 bridgehead atoms. The first kappa shape index (κ1) is 16.4. The van der Waals surface area contributed by atoms with Gasteiger partial charge in [0, 0.05) is 16.9 Å². The van der Waals surface area contributed by atoms with Crippen LogP contribution in [0.25, 0.3) is 21.9 Å². The third-order valence-corrected chi connectivity index (χ3v) is 4.49. The van der Waals surface area contributed by atoms with Gasteiger partial charge in [0.15, 0.2) is 0 Å². The topological polar surface area (TPSA) is 52.5 Å². The number of nitrogens with one attached hydrogen (secondary N) is 1. The average Bonchev–Trinajstić information content (AvgIpc) is 2.68. The summed E-state index contributed by atoms with van der Waals surface area (Å²) in [6, 6.07) is 30.0. The van der Waals surface area contributed by atoms with Crippen LogP contribution in [-0.2, 0) is 0 Å². The highest BCUT2D eigenvalue weighted by Crippen LogP contribution is 2.34.